The number of hydrogen-bond acceptors (Lipinski definition) is 1. The summed E-state index contributed by atoms with van der Waals surface area (Å²) in [6.07, 6.45) is 4.80. The molecular weight excluding hydrogens is 244 g/mol. The molecule has 0 aromatic heterocycles. The molecule has 0 aliphatic heterocycles. The lowest BCUT2D eigenvalue weighted by Crippen LogP contribution is -2.01. The quantitative estimate of drug-likeness (QED) is 0.669. The van der Waals surface area contributed by atoms with Gasteiger partial charge in [0.05, 0.1) is 7.11 Å². The number of methoxy groups -OCH3 is 1. The Kier molecular flexibility index (Phi) is 5.67. The van der Waals surface area contributed by atoms with Gasteiger partial charge in [0.1, 0.15) is 5.75 Å². The maximum absolute atomic E-state index is 5.29. The van der Waals surface area contributed by atoms with Crippen molar-refractivity contribution in [3.8, 4) is 5.75 Å². The molecule has 0 N–H and O–H groups in total. The monoisotopic (exact) mass is 268 g/mol. The SMILES string of the molecule is CCCC(CCc1cccc(OC)c1)c1ccccc1. The molecule has 1 heteroatoms. The zero-order valence-corrected chi connectivity index (χ0v) is 12.5. The van der Waals surface area contributed by atoms with E-state index in [0.717, 1.165) is 12.2 Å². The van der Waals surface area contributed by atoms with Gasteiger partial charge in [0.2, 0.25) is 0 Å². The van der Waals surface area contributed by atoms with Crippen molar-refractivity contribution in [2.45, 2.75) is 38.5 Å². The fourth-order valence-electron chi connectivity index (χ4n) is 2.72. The summed E-state index contributed by atoms with van der Waals surface area (Å²) in [5.41, 5.74) is 2.83. The third-order valence-electron chi connectivity index (χ3n) is 3.82. The smallest absolute Gasteiger partial charge is 0.119 e. The molecule has 0 bridgehead atoms. The second kappa shape index (κ2) is 7.74. The van der Waals surface area contributed by atoms with E-state index in [2.05, 4.69) is 55.5 Å². The number of ether oxygens (including phenoxy) is 1. The molecule has 0 fully saturated rings. The van der Waals surface area contributed by atoms with Crippen molar-refractivity contribution >= 4 is 0 Å². The van der Waals surface area contributed by atoms with E-state index in [1.54, 1.807) is 7.11 Å². The van der Waals surface area contributed by atoms with Crippen molar-refractivity contribution in [1.82, 2.24) is 0 Å². The molecule has 2 aromatic rings. The molecule has 2 rings (SSSR count). The Morgan fingerprint density at radius 2 is 1.75 bits per heavy atom. The molecule has 0 saturated heterocycles. The summed E-state index contributed by atoms with van der Waals surface area (Å²) in [5, 5.41) is 0. The summed E-state index contributed by atoms with van der Waals surface area (Å²) in [6.45, 7) is 2.27. The summed E-state index contributed by atoms with van der Waals surface area (Å²) in [4.78, 5) is 0. The van der Waals surface area contributed by atoms with E-state index < -0.39 is 0 Å². The van der Waals surface area contributed by atoms with Crippen LogP contribution < -0.4 is 4.74 Å². The normalized spacial score (nSPS) is 12.1. The number of benzene rings is 2. The lowest BCUT2D eigenvalue weighted by molar-refractivity contribution is 0.414. The summed E-state index contributed by atoms with van der Waals surface area (Å²) in [7, 11) is 1.73. The van der Waals surface area contributed by atoms with Gasteiger partial charge in [0.25, 0.3) is 0 Å². The highest BCUT2D eigenvalue weighted by atomic mass is 16.5. The van der Waals surface area contributed by atoms with Crippen LogP contribution in [0.25, 0.3) is 0 Å². The van der Waals surface area contributed by atoms with Crippen LogP contribution in [-0.4, -0.2) is 7.11 Å². The summed E-state index contributed by atoms with van der Waals surface area (Å²) in [6, 6.07) is 19.3. The number of hydrogen-bond donors (Lipinski definition) is 0. The minimum Gasteiger partial charge on any atom is -0.497 e. The molecular formula is C19H24O. The first kappa shape index (κ1) is 14.6. The van der Waals surface area contributed by atoms with Crippen molar-refractivity contribution in [3.63, 3.8) is 0 Å². The standard InChI is InChI=1S/C19H24O/c1-3-8-17(18-10-5-4-6-11-18)14-13-16-9-7-12-19(15-16)20-2/h4-7,9-12,15,17H,3,8,13-14H2,1-2H3. The third-order valence-corrected chi connectivity index (χ3v) is 3.82. The van der Waals surface area contributed by atoms with Crippen LogP contribution in [0.4, 0.5) is 0 Å². The van der Waals surface area contributed by atoms with Gasteiger partial charge in [-0.15, -0.1) is 0 Å². The van der Waals surface area contributed by atoms with E-state index in [-0.39, 0.29) is 0 Å². The first-order chi connectivity index (χ1) is 9.83. The zero-order chi connectivity index (χ0) is 14.2. The van der Waals surface area contributed by atoms with E-state index in [9.17, 15) is 0 Å². The Morgan fingerprint density at radius 3 is 2.45 bits per heavy atom. The van der Waals surface area contributed by atoms with Crippen LogP contribution in [0.15, 0.2) is 54.6 Å². The summed E-state index contributed by atoms with van der Waals surface area (Å²) < 4.78 is 5.29. The molecule has 1 atom stereocenters. The number of aryl methyl sites for hydroxylation is 1. The van der Waals surface area contributed by atoms with Gasteiger partial charge >= 0.3 is 0 Å². The average Bonchev–Trinajstić information content (AvgIpc) is 2.52. The Hall–Kier alpha value is -1.76. The molecule has 1 nitrogen and oxygen atoms in total. The Labute approximate surface area is 122 Å². The Morgan fingerprint density at radius 1 is 0.950 bits per heavy atom. The molecule has 0 saturated carbocycles. The topological polar surface area (TPSA) is 9.23 Å². The van der Waals surface area contributed by atoms with E-state index in [1.807, 2.05) is 6.07 Å². The summed E-state index contributed by atoms with van der Waals surface area (Å²) in [5.74, 6) is 1.61. The average molecular weight is 268 g/mol. The van der Waals surface area contributed by atoms with Gasteiger partial charge in [-0.2, -0.15) is 0 Å². The maximum Gasteiger partial charge on any atom is 0.119 e. The highest BCUT2D eigenvalue weighted by Crippen LogP contribution is 2.27. The highest BCUT2D eigenvalue weighted by Gasteiger charge is 2.10. The van der Waals surface area contributed by atoms with Crippen molar-refractivity contribution in [2.75, 3.05) is 7.11 Å². The van der Waals surface area contributed by atoms with Crippen LogP contribution in [0.3, 0.4) is 0 Å². The van der Waals surface area contributed by atoms with Gasteiger partial charge < -0.3 is 4.74 Å². The highest BCUT2D eigenvalue weighted by molar-refractivity contribution is 5.29. The van der Waals surface area contributed by atoms with Crippen molar-refractivity contribution in [3.05, 3.63) is 65.7 Å². The lowest BCUT2D eigenvalue weighted by atomic mass is 9.89. The summed E-state index contributed by atoms with van der Waals surface area (Å²) >= 11 is 0. The Bertz CT molecular complexity index is 504. The molecule has 1 unspecified atom stereocenters. The van der Waals surface area contributed by atoms with Crippen molar-refractivity contribution in [1.29, 1.82) is 0 Å². The van der Waals surface area contributed by atoms with Gasteiger partial charge in [-0.05, 0) is 48.4 Å². The van der Waals surface area contributed by atoms with E-state index >= 15 is 0 Å². The molecule has 106 valence electrons. The van der Waals surface area contributed by atoms with Crippen LogP contribution in [0.5, 0.6) is 5.75 Å². The molecule has 0 heterocycles. The van der Waals surface area contributed by atoms with E-state index in [0.29, 0.717) is 5.92 Å². The number of rotatable bonds is 7. The molecule has 0 amide bonds. The molecule has 0 spiro atoms. The zero-order valence-electron chi connectivity index (χ0n) is 12.5. The minimum absolute atomic E-state index is 0.660. The second-order valence-corrected chi connectivity index (χ2v) is 5.29. The van der Waals surface area contributed by atoms with Crippen molar-refractivity contribution < 1.29 is 4.74 Å². The van der Waals surface area contributed by atoms with Crippen molar-refractivity contribution in [2.24, 2.45) is 0 Å². The Balaban J connectivity index is 2.02. The first-order valence-corrected chi connectivity index (χ1v) is 7.51. The molecule has 20 heavy (non-hydrogen) atoms. The van der Waals surface area contributed by atoms with Gasteiger partial charge in [0, 0.05) is 0 Å². The van der Waals surface area contributed by atoms with E-state index in [4.69, 9.17) is 4.74 Å². The predicted molar refractivity (Wildman–Crippen MR) is 85.4 cm³/mol. The largest absolute Gasteiger partial charge is 0.497 e. The predicted octanol–water partition coefficient (Wildman–Crippen LogP) is 5.21. The lowest BCUT2D eigenvalue weighted by Gasteiger charge is -2.16. The third kappa shape index (κ3) is 4.12. The van der Waals surface area contributed by atoms with Crippen LogP contribution in [0, 0.1) is 0 Å². The molecule has 2 aromatic carbocycles. The first-order valence-electron chi connectivity index (χ1n) is 7.51. The maximum atomic E-state index is 5.29. The minimum atomic E-state index is 0.660. The van der Waals surface area contributed by atoms with Gasteiger partial charge in [-0.3, -0.25) is 0 Å². The van der Waals surface area contributed by atoms with Crippen LogP contribution in [-0.2, 0) is 6.42 Å². The van der Waals surface area contributed by atoms with Gasteiger partial charge in [-0.1, -0.05) is 55.8 Å². The fourth-order valence-corrected chi connectivity index (χ4v) is 2.72. The van der Waals surface area contributed by atoms with E-state index in [1.165, 1.54) is 30.4 Å². The molecule has 0 aliphatic rings. The second-order valence-electron chi connectivity index (χ2n) is 5.29. The van der Waals surface area contributed by atoms with Crippen LogP contribution in [0.2, 0.25) is 0 Å². The fraction of sp³-hybridized carbons (Fsp3) is 0.368. The van der Waals surface area contributed by atoms with Crippen LogP contribution >= 0.6 is 0 Å². The molecule has 0 radical (unpaired) electrons. The van der Waals surface area contributed by atoms with Crippen LogP contribution in [0.1, 0.15) is 43.2 Å². The van der Waals surface area contributed by atoms with Gasteiger partial charge in [0.15, 0.2) is 0 Å². The van der Waals surface area contributed by atoms with Gasteiger partial charge in [-0.25, -0.2) is 0 Å². The molecule has 0 aliphatic carbocycles.